The molecule has 8 heteroatoms. The Morgan fingerprint density at radius 2 is 1.96 bits per heavy atom. The second kappa shape index (κ2) is 7.62. The van der Waals surface area contributed by atoms with Gasteiger partial charge >= 0.3 is 6.03 Å². The first-order valence-corrected chi connectivity index (χ1v) is 10.4. The minimum atomic E-state index is -0.826. The van der Waals surface area contributed by atoms with Crippen molar-refractivity contribution >= 4 is 35.1 Å². The zero-order chi connectivity index (χ0) is 19.7. The van der Waals surface area contributed by atoms with E-state index >= 15 is 0 Å². The summed E-state index contributed by atoms with van der Waals surface area (Å²) in [7, 11) is 0. The van der Waals surface area contributed by atoms with Crippen molar-refractivity contribution in [2.75, 3.05) is 18.0 Å². The summed E-state index contributed by atoms with van der Waals surface area (Å²) in [5.41, 5.74) is 3.97. The van der Waals surface area contributed by atoms with Gasteiger partial charge in [-0.25, -0.2) is 4.79 Å². The predicted octanol–water partition coefficient (Wildman–Crippen LogP) is 2.77. The molecule has 3 aliphatic rings. The highest BCUT2D eigenvalue weighted by Gasteiger charge is 2.52. The van der Waals surface area contributed by atoms with E-state index in [0.717, 1.165) is 49.3 Å². The van der Waals surface area contributed by atoms with Crippen LogP contribution in [0.1, 0.15) is 50.5 Å². The van der Waals surface area contributed by atoms with E-state index < -0.39 is 11.6 Å². The maximum atomic E-state index is 12.7. The van der Waals surface area contributed by atoms with Crippen molar-refractivity contribution in [3.8, 4) is 0 Å². The quantitative estimate of drug-likeness (QED) is 0.756. The summed E-state index contributed by atoms with van der Waals surface area (Å²) in [6.07, 6.45) is 6.34. The highest BCUT2D eigenvalue weighted by Crippen LogP contribution is 2.33. The minimum absolute atomic E-state index is 0.201. The Morgan fingerprint density at radius 3 is 2.75 bits per heavy atom. The third-order valence-corrected chi connectivity index (χ3v) is 6.21. The van der Waals surface area contributed by atoms with Crippen LogP contribution in [0.15, 0.2) is 18.2 Å². The Kier molecular flexibility index (Phi) is 5.19. The van der Waals surface area contributed by atoms with Gasteiger partial charge in [0.1, 0.15) is 5.54 Å². The SMILES string of the molecule is O=C(CCN1CCCc2cc(Cl)ccc21)NN1C(=O)NC2(CCCCC2)C1=O. The molecule has 0 bridgehead atoms. The maximum absolute atomic E-state index is 12.7. The van der Waals surface area contributed by atoms with Crippen LogP contribution < -0.4 is 15.6 Å². The number of nitrogens with zero attached hydrogens (tertiary/aromatic N) is 2. The number of fused-ring (bicyclic) bond motifs is 1. The summed E-state index contributed by atoms with van der Waals surface area (Å²) >= 11 is 6.08. The van der Waals surface area contributed by atoms with E-state index in [2.05, 4.69) is 15.6 Å². The third-order valence-electron chi connectivity index (χ3n) is 5.97. The van der Waals surface area contributed by atoms with Gasteiger partial charge in [0, 0.05) is 30.2 Å². The average molecular weight is 405 g/mol. The van der Waals surface area contributed by atoms with Crippen molar-refractivity contribution < 1.29 is 14.4 Å². The molecule has 1 aromatic carbocycles. The van der Waals surface area contributed by atoms with Gasteiger partial charge in [-0.15, -0.1) is 0 Å². The first kappa shape index (κ1) is 19.1. The van der Waals surface area contributed by atoms with Crippen molar-refractivity contribution in [1.29, 1.82) is 0 Å². The molecule has 7 nitrogen and oxygen atoms in total. The van der Waals surface area contributed by atoms with Gasteiger partial charge in [-0.3, -0.25) is 15.0 Å². The molecular formula is C20H25ClN4O3. The normalized spacial score (nSPS) is 20.9. The highest BCUT2D eigenvalue weighted by atomic mass is 35.5. The van der Waals surface area contributed by atoms with Crippen LogP contribution in [0.3, 0.4) is 0 Å². The largest absolute Gasteiger partial charge is 0.371 e. The Morgan fingerprint density at radius 1 is 1.18 bits per heavy atom. The van der Waals surface area contributed by atoms with Crippen LogP contribution in [0.5, 0.6) is 0 Å². The molecule has 150 valence electrons. The number of hydrogen-bond acceptors (Lipinski definition) is 4. The number of carbonyl (C=O) groups excluding carboxylic acids is 3. The molecule has 0 radical (unpaired) electrons. The Bertz CT molecular complexity index is 807. The fourth-order valence-corrected chi connectivity index (χ4v) is 4.70. The van der Waals surface area contributed by atoms with Gasteiger partial charge in [0.2, 0.25) is 5.91 Å². The number of amides is 4. The lowest BCUT2D eigenvalue weighted by molar-refractivity contribution is -0.139. The summed E-state index contributed by atoms with van der Waals surface area (Å²) in [6.45, 7) is 1.39. The monoisotopic (exact) mass is 404 g/mol. The first-order chi connectivity index (χ1) is 13.5. The zero-order valence-corrected chi connectivity index (χ0v) is 16.6. The molecule has 1 spiro atoms. The van der Waals surface area contributed by atoms with Crippen LogP contribution in [0, 0.1) is 0 Å². The van der Waals surface area contributed by atoms with Crippen LogP contribution in [-0.4, -0.2) is 41.5 Å². The van der Waals surface area contributed by atoms with Crippen LogP contribution in [0.25, 0.3) is 0 Å². The molecule has 0 unspecified atom stereocenters. The third kappa shape index (κ3) is 3.55. The van der Waals surface area contributed by atoms with Crippen molar-refractivity contribution in [2.45, 2.75) is 56.9 Å². The van der Waals surface area contributed by atoms with Crippen LogP contribution in [0.4, 0.5) is 10.5 Å². The number of urea groups is 1. The smallest absolute Gasteiger partial charge is 0.344 e. The number of benzene rings is 1. The zero-order valence-electron chi connectivity index (χ0n) is 15.8. The summed E-state index contributed by atoms with van der Waals surface area (Å²) in [6, 6.07) is 5.28. The molecule has 1 aliphatic carbocycles. The number of halogens is 1. The summed E-state index contributed by atoms with van der Waals surface area (Å²) in [4.78, 5) is 39.6. The van der Waals surface area contributed by atoms with Crippen LogP contribution >= 0.6 is 11.6 Å². The molecule has 1 aromatic rings. The van der Waals surface area contributed by atoms with E-state index in [-0.39, 0.29) is 18.2 Å². The van der Waals surface area contributed by atoms with Gasteiger partial charge < -0.3 is 10.2 Å². The predicted molar refractivity (Wildman–Crippen MR) is 106 cm³/mol. The number of hydrogen-bond donors (Lipinski definition) is 2. The van der Waals surface area contributed by atoms with Gasteiger partial charge in [0.15, 0.2) is 0 Å². The second-order valence-corrected chi connectivity index (χ2v) is 8.30. The van der Waals surface area contributed by atoms with Crippen LogP contribution in [-0.2, 0) is 16.0 Å². The minimum Gasteiger partial charge on any atom is -0.371 e. The van der Waals surface area contributed by atoms with Crippen molar-refractivity contribution in [1.82, 2.24) is 15.8 Å². The standard InChI is InChI=1S/C20H25ClN4O3/c21-15-6-7-16-14(13-15)5-4-11-24(16)12-8-17(26)23-25-18(27)20(22-19(25)28)9-2-1-3-10-20/h6-7,13H,1-5,8-12H2,(H,22,28)(H,23,26). The van der Waals surface area contributed by atoms with Gasteiger partial charge in [-0.05, 0) is 49.4 Å². The summed E-state index contributed by atoms with van der Waals surface area (Å²) in [5.74, 6) is -0.666. The molecule has 4 amide bonds. The Hall–Kier alpha value is -2.28. The van der Waals surface area contributed by atoms with E-state index in [0.29, 0.717) is 24.4 Å². The summed E-state index contributed by atoms with van der Waals surface area (Å²) in [5, 5.41) is 4.39. The topological polar surface area (TPSA) is 81.8 Å². The number of hydrazine groups is 1. The van der Waals surface area contributed by atoms with Crippen molar-refractivity contribution in [3.63, 3.8) is 0 Å². The number of imide groups is 1. The van der Waals surface area contributed by atoms with Gasteiger partial charge in [0.05, 0.1) is 0 Å². The van der Waals surface area contributed by atoms with Crippen LogP contribution in [0.2, 0.25) is 5.02 Å². The lowest BCUT2D eigenvalue weighted by Crippen LogP contribution is -2.51. The first-order valence-electron chi connectivity index (χ1n) is 9.98. The molecular weight excluding hydrogens is 380 g/mol. The van der Waals surface area contributed by atoms with Crippen molar-refractivity contribution in [3.05, 3.63) is 28.8 Å². The number of aryl methyl sites for hydroxylation is 1. The van der Waals surface area contributed by atoms with E-state index in [1.807, 2.05) is 18.2 Å². The van der Waals surface area contributed by atoms with E-state index in [9.17, 15) is 14.4 Å². The maximum Gasteiger partial charge on any atom is 0.344 e. The average Bonchev–Trinajstić information content (AvgIpc) is 2.90. The number of anilines is 1. The number of nitrogens with one attached hydrogen (secondary N) is 2. The molecule has 1 saturated heterocycles. The number of carbonyl (C=O) groups is 3. The fourth-order valence-electron chi connectivity index (χ4n) is 4.51. The van der Waals surface area contributed by atoms with E-state index in [1.165, 1.54) is 5.56 Å². The molecule has 0 aromatic heterocycles. The van der Waals surface area contributed by atoms with Gasteiger partial charge in [-0.2, -0.15) is 5.01 Å². The van der Waals surface area contributed by atoms with E-state index in [1.54, 1.807) is 0 Å². The fraction of sp³-hybridized carbons (Fsp3) is 0.550. The van der Waals surface area contributed by atoms with Crippen molar-refractivity contribution in [2.24, 2.45) is 0 Å². The highest BCUT2D eigenvalue weighted by molar-refractivity contribution is 6.30. The molecule has 2 heterocycles. The summed E-state index contributed by atoms with van der Waals surface area (Å²) < 4.78 is 0. The molecule has 28 heavy (non-hydrogen) atoms. The molecule has 2 aliphatic heterocycles. The molecule has 4 rings (SSSR count). The molecule has 2 N–H and O–H groups in total. The van der Waals surface area contributed by atoms with E-state index in [4.69, 9.17) is 11.6 Å². The lowest BCUT2D eigenvalue weighted by Gasteiger charge is -2.31. The van der Waals surface area contributed by atoms with Gasteiger partial charge in [-0.1, -0.05) is 30.9 Å². The number of rotatable bonds is 4. The molecule has 1 saturated carbocycles. The molecule has 0 atom stereocenters. The second-order valence-electron chi connectivity index (χ2n) is 7.86. The lowest BCUT2D eigenvalue weighted by atomic mass is 9.82. The Balaban J connectivity index is 1.35. The Labute approximate surface area is 169 Å². The molecule has 2 fully saturated rings. The van der Waals surface area contributed by atoms with Gasteiger partial charge in [0.25, 0.3) is 5.91 Å².